The molecule has 3 fully saturated rings. The van der Waals surface area contributed by atoms with Crippen LogP contribution in [0.1, 0.15) is 85.6 Å². The molecule has 3 saturated heterocycles. The van der Waals surface area contributed by atoms with E-state index in [0.717, 1.165) is 19.5 Å². The van der Waals surface area contributed by atoms with Crippen LogP contribution in [0.25, 0.3) is 0 Å². The van der Waals surface area contributed by atoms with Gasteiger partial charge in [-0.3, -0.25) is 9.69 Å². The van der Waals surface area contributed by atoms with Gasteiger partial charge in [-0.1, -0.05) is 75.4 Å². The third kappa shape index (κ3) is 10.3. The Kier molecular flexibility index (Phi) is 13.1. The molecule has 11 nitrogen and oxygen atoms in total. The average Bonchev–Trinajstić information content (AvgIpc) is 3.54. The fraction of sp³-hybridized carbons (Fsp3) is 0.659. The van der Waals surface area contributed by atoms with E-state index in [2.05, 4.69) is 17.0 Å². The van der Waals surface area contributed by atoms with E-state index in [1.54, 1.807) is 49.1 Å². The molecule has 4 N–H and O–H groups in total. The molecule has 10 unspecified atom stereocenters. The minimum atomic E-state index is -1.50. The van der Waals surface area contributed by atoms with E-state index in [1.807, 2.05) is 45.9 Å². The van der Waals surface area contributed by atoms with Gasteiger partial charge in [0.1, 0.15) is 11.7 Å². The molecule has 0 aromatic heterocycles. The first kappa shape index (κ1) is 40.1. The highest BCUT2D eigenvalue weighted by atomic mass is 16.6. The molecule has 11 heteroatoms. The van der Waals surface area contributed by atoms with Gasteiger partial charge >= 0.3 is 12.1 Å². The lowest BCUT2D eigenvalue weighted by atomic mass is 9.88. The Labute approximate surface area is 308 Å². The van der Waals surface area contributed by atoms with E-state index in [0.29, 0.717) is 25.0 Å². The Morgan fingerprint density at radius 3 is 2.60 bits per heavy atom. The van der Waals surface area contributed by atoms with Crippen molar-refractivity contribution >= 4 is 12.1 Å². The maximum atomic E-state index is 13.6. The molecule has 4 aliphatic heterocycles. The number of epoxide rings is 1. The standard InChI is InChI=1S/C41H60N2O9/c1-7-33(45)28(4)38-34(50-38)22-40(5,48)18-11-12-26(2)37-27(3)15-16-35(41(6,49)19-17-32(44)21-36(46)52-37)51-39(47)43-25-30-20-31(43)24-42(30)23-29-13-9-8-10-14-29/h8-16,18,27-28,30-35,37-38,44-45,48-49H,7,17,19-25H2,1-6H3/b16-15-,18-11+,26-12+/t27?,28?,30-,31-,32?,33?,34?,35?,37?,38?,40?,41?/m0/s1. The minimum absolute atomic E-state index is 0.0148. The Balaban J connectivity index is 1.24. The van der Waals surface area contributed by atoms with Crippen LogP contribution in [0.2, 0.25) is 0 Å². The van der Waals surface area contributed by atoms with Crippen LogP contribution in [0.3, 0.4) is 0 Å². The van der Waals surface area contributed by atoms with Crippen LogP contribution in [-0.4, -0.2) is 115 Å². The van der Waals surface area contributed by atoms with Gasteiger partial charge in [0.15, 0.2) is 6.10 Å². The van der Waals surface area contributed by atoms with Crippen molar-refractivity contribution in [2.75, 3.05) is 13.1 Å². The number of carbonyl (C=O) groups is 2. The van der Waals surface area contributed by atoms with Crippen molar-refractivity contribution in [2.45, 2.75) is 147 Å². The van der Waals surface area contributed by atoms with Crippen molar-refractivity contribution in [1.82, 2.24) is 9.80 Å². The summed E-state index contributed by atoms with van der Waals surface area (Å²) >= 11 is 0. The topological polar surface area (TPSA) is 153 Å². The molecule has 288 valence electrons. The summed E-state index contributed by atoms with van der Waals surface area (Å²) in [6, 6.07) is 10.6. The molecular formula is C41H60N2O9. The van der Waals surface area contributed by atoms with Crippen molar-refractivity contribution in [1.29, 1.82) is 0 Å². The molecule has 0 spiro atoms. The first-order valence-corrected chi connectivity index (χ1v) is 19.0. The number of rotatable bonds is 11. The zero-order valence-electron chi connectivity index (χ0n) is 31.6. The van der Waals surface area contributed by atoms with Gasteiger partial charge in [-0.25, -0.2) is 4.79 Å². The Hall–Kier alpha value is -3.06. The van der Waals surface area contributed by atoms with Crippen LogP contribution in [0.15, 0.2) is 66.3 Å². The highest BCUT2D eigenvalue weighted by molar-refractivity contribution is 5.71. The lowest BCUT2D eigenvalue weighted by Crippen LogP contribution is -2.51. The Morgan fingerprint density at radius 1 is 1.19 bits per heavy atom. The van der Waals surface area contributed by atoms with E-state index in [1.165, 1.54) is 5.56 Å². The number of piperazine rings is 1. The van der Waals surface area contributed by atoms with E-state index in [4.69, 9.17) is 14.2 Å². The summed E-state index contributed by atoms with van der Waals surface area (Å²) < 4.78 is 17.7. The fourth-order valence-electron chi connectivity index (χ4n) is 7.96. The molecule has 4 aliphatic rings. The number of ether oxygens (including phenoxy) is 3. The summed E-state index contributed by atoms with van der Waals surface area (Å²) in [5.41, 5.74) is -0.718. The zero-order chi connectivity index (χ0) is 37.8. The predicted molar refractivity (Wildman–Crippen MR) is 197 cm³/mol. The number of cyclic esters (lactones) is 1. The van der Waals surface area contributed by atoms with Crippen LogP contribution in [0.4, 0.5) is 4.79 Å². The fourth-order valence-corrected chi connectivity index (χ4v) is 7.96. The molecule has 4 heterocycles. The summed E-state index contributed by atoms with van der Waals surface area (Å²) in [7, 11) is 0. The minimum Gasteiger partial charge on any atom is -0.457 e. The smallest absolute Gasteiger partial charge is 0.410 e. The SMILES string of the molecule is CCC(O)C(C)C1OC1CC(C)(O)/C=C/C=C(\C)C1OC(=O)CC(O)CCC(C)(O)C(OC(=O)N2C[C@@H]3C[C@H]2CN3Cc2ccccc2)/C=C\C1C. The summed E-state index contributed by atoms with van der Waals surface area (Å²) in [5.74, 6) is -0.960. The summed E-state index contributed by atoms with van der Waals surface area (Å²) in [6.07, 6.45) is 6.62. The van der Waals surface area contributed by atoms with Gasteiger partial charge in [-0.15, -0.1) is 0 Å². The number of allylic oxidation sites excluding steroid dienone is 2. The van der Waals surface area contributed by atoms with Gasteiger partial charge in [0.2, 0.25) is 0 Å². The molecular weight excluding hydrogens is 664 g/mol. The number of carbonyl (C=O) groups excluding carboxylic acids is 2. The van der Waals surface area contributed by atoms with Gasteiger partial charge in [0.25, 0.3) is 0 Å². The first-order chi connectivity index (χ1) is 24.6. The molecule has 0 radical (unpaired) electrons. The van der Waals surface area contributed by atoms with Crippen LogP contribution in [0.5, 0.6) is 0 Å². The number of esters is 1. The average molecular weight is 725 g/mol. The number of benzene rings is 1. The van der Waals surface area contributed by atoms with E-state index in [9.17, 15) is 30.0 Å². The number of nitrogens with zero attached hydrogens (tertiary/aromatic N) is 2. The molecule has 52 heavy (non-hydrogen) atoms. The normalized spacial score (nSPS) is 36.0. The summed E-state index contributed by atoms with van der Waals surface area (Å²) in [4.78, 5) is 30.7. The van der Waals surface area contributed by atoms with E-state index < -0.39 is 47.7 Å². The number of fused-ring (bicyclic) bond motifs is 2. The van der Waals surface area contributed by atoms with Gasteiger partial charge in [0, 0.05) is 50.0 Å². The number of hydrogen-bond donors (Lipinski definition) is 4. The summed E-state index contributed by atoms with van der Waals surface area (Å²) in [5, 5.41) is 43.5. The van der Waals surface area contributed by atoms with Crippen molar-refractivity contribution in [2.24, 2.45) is 11.8 Å². The third-order valence-corrected chi connectivity index (χ3v) is 11.4. The first-order valence-electron chi connectivity index (χ1n) is 19.0. The maximum absolute atomic E-state index is 13.6. The van der Waals surface area contributed by atoms with E-state index >= 15 is 0 Å². The maximum Gasteiger partial charge on any atom is 0.410 e. The van der Waals surface area contributed by atoms with Gasteiger partial charge in [0.05, 0.1) is 36.4 Å². The number of aliphatic hydroxyl groups is 4. The van der Waals surface area contributed by atoms with Gasteiger partial charge in [-0.2, -0.15) is 0 Å². The molecule has 0 saturated carbocycles. The van der Waals surface area contributed by atoms with Crippen molar-refractivity contribution in [3.63, 3.8) is 0 Å². The van der Waals surface area contributed by atoms with Crippen LogP contribution in [0, 0.1) is 11.8 Å². The molecule has 1 aromatic carbocycles. The molecule has 5 rings (SSSR count). The van der Waals surface area contributed by atoms with Crippen molar-refractivity contribution in [3.05, 3.63) is 71.8 Å². The largest absolute Gasteiger partial charge is 0.457 e. The molecule has 0 aliphatic carbocycles. The second-order valence-corrected chi connectivity index (χ2v) is 16.1. The molecule has 1 aromatic rings. The zero-order valence-corrected chi connectivity index (χ0v) is 31.6. The highest BCUT2D eigenvalue weighted by Crippen LogP contribution is 2.38. The number of likely N-dealkylation sites (tertiary alicyclic amines) is 2. The second-order valence-electron chi connectivity index (χ2n) is 16.1. The molecule has 1 amide bonds. The lowest BCUT2D eigenvalue weighted by Gasteiger charge is -2.37. The van der Waals surface area contributed by atoms with E-state index in [-0.39, 0.29) is 55.4 Å². The lowest BCUT2D eigenvalue weighted by molar-refractivity contribution is -0.151. The monoisotopic (exact) mass is 724 g/mol. The Bertz CT molecular complexity index is 1460. The number of amides is 1. The Morgan fingerprint density at radius 2 is 1.92 bits per heavy atom. The predicted octanol–water partition coefficient (Wildman–Crippen LogP) is 4.67. The number of hydrogen-bond acceptors (Lipinski definition) is 10. The van der Waals surface area contributed by atoms with Crippen LogP contribution >= 0.6 is 0 Å². The summed E-state index contributed by atoms with van der Waals surface area (Å²) in [6.45, 7) is 13.0. The van der Waals surface area contributed by atoms with Gasteiger partial charge in [-0.05, 0) is 63.7 Å². The van der Waals surface area contributed by atoms with Crippen molar-refractivity contribution < 1.29 is 44.2 Å². The van der Waals surface area contributed by atoms with Gasteiger partial charge < -0.3 is 39.5 Å². The molecule has 2 bridgehead atoms. The quantitative estimate of drug-likeness (QED) is 0.110. The molecule has 12 atom stereocenters. The highest BCUT2D eigenvalue weighted by Gasteiger charge is 2.48. The second kappa shape index (κ2) is 17.0. The van der Waals surface area contributed by atoms with Crippen molar-refractivity contribution in [3.8, 4) is 0 Å². The van der Waals surface area contributed by atoms with Crippen LogP contribution in [-0.2, 0) is 25.5 Å². The number of aliphatic hydroxyl groups excluding tert-OH is 2. The van der Waals surface area contributed by atoms with Crippen LogP contribution < -0.4 is 0 Å². The third-order valence-electron chi connectivity index (χ3n) is 11.4.